The van der Waals surface area contributed by atoms with Crippen molar-refractivity contribution in [3.63, 3.8) is 0 Å². The summed E-state index contributed by atoms with van der Waals surface area (Å²) in [6, 6.07) is 0. The third-order valence-electron chi connectivity index (χ3n) is 1.43. The maximum Gasteiger partial charge on any atom is -0.0321 e. The fourth-order valence-corrected chi connectivity index (χ4v) is 0.618. The Balaban J connectivity index is 3.17. The first-order chi connectivity index (χ1) is 4.16. The van der Waals surface area contributed by atoms with Crippen molar-refractivity contribution in [1.82, 2.24) is 0 Å². The van der Waals surface area contributed by atoms with E-state index < -0.39 is 0 Å². The van der Waals surface area contributed by atoms with Crippen LogP contribution in [-0.4, -0.2) is 0 Å². The van der Waals surface area contributed by atoms with Gasteiger partial charge in [0.05, 0.1) is 0 Å². The van der Waals surface area contributed by atoms with E-state index in [1.54, 1.807) is 0 Å². The van der Waals surface area contributed by atoms with Gasteiger partial charge in [0.15, 0.2) is 0 Å². The molecule has 0 heteroatoms. The molecule has 0 N–H and O–H groups in total. The van der Waals surface area contributed by atoms with Crippen LogP contribution in [0.15, 0.2) is 12.2 Å². The van der Waals surface area contributed by atoms with Crippen LogP contribution in [0.1, 0.15) is 33.1 Å². The summed E-state index contributed by atoms with van der Waals surface area (Å²) in [5, 5.41) is 0. The molecule has 0 aliphatic rings. The van der Waals surface area contributed by atoms with E-state index >= 15 is 0 Å². The summed E-state index contributed by atoms with van der Waals surface area (Å²) in [7, 11) is 0. The van der Waals surface area contributed by atoms with Crippen LogP contribution in [-0.2, 0) is 0 Å². The molecule has 1 radical (unpaired) electrons. The van der Waals surface area contributed by atoms with Crippen molar-refractivity contribution in [2.24, 2.45) is 5.92 Å². The molecule has 0 heterocycles. The van der Waals surface area contributed by atoms with E-state index in [9.17, 15) is 0 Å². The summed E-state index contributed by atoms with van der Waals surface area (Å²) in [4.78, 5) is 0. The van der Waals surface area contributed by atoms with Gasteiger partial charge in [-0.05, 0) is 32.1 Å². The highest BCUT2D eigenvalue weighted by atomic mass is 14.0. The molecule has 0 aromatic heterocycles. The van der Waals surface area contributed by atoms with Gasteiger partial charge in [-0.1, -0.05) is 26.0 Å². The van der Waals surface area contributed by atoms with Gasteiger partial charge >= 0.3 is 0 Å². The van der Waals surface area contributed by atoms with Crippen molar-refractivity contribution >= 4 is 0 Å². The molecule has 0 aliphatic heterocycles. The first-order valence-corrected chi connectivity index (χ1v) is 3.62. The maximum absolute atomic E-state index is 3.88. The Hall–Kier alpha value is -0.260. The summed E-state index contributed by atoms with van der Waals surface area (Å²) in [5.41, 5.74) is 1.28. The Labute approximate surface area is 59.0 Å². The SMILES string of the molecule is [CH2]CC(=C)CCC(C)C. The predicted molar refractivity (Wildman–Crippen MR) is 43.2 cm³/mol. The second-order valence-electron chi connectivity index (χ2n) is 2.93. The highest BCUT2D eigenvalue weighted by molar-refractivity contribution is 4.94. The van der Waals surface area contributed by atoms with E-state index in [2.05, 4.69) is 27.4 Å². The second kappa shape index (κ2) is 4.60. The zero-order valence-corrected chi connectivity index (χ0v) is 6.61. The third-order valence-corrected chi connectivity index (χ3v) is 1.43. The van der Waals surface area contributed by atoms with Gasteiger partial charge in [0, 0.05) is 0 Å². The Bertz CT molecular complexity index is 80.0. The van der Waals surface area contributed by atoms with Gasteiger partial charge < -0.3 is 0 Å². The molecule has 0 aromatic carbocycles. The fraction of sp³-hybridized carbons (Fsp3) is 0.667. The monoisotopic (exact) mass is 125 g/mol. The highest BCUT2D eigenvalue weighted by Crippen LogP contribution is 2.11. The van der Waals surface area contributed by atoms with Gasteiger partial charge in [0.2, 0.25) is 0 Å². The van der Waals surface area contributed by atoms with Gasteiger partial charge in [0.25, 0.3) is 0 Å². The van der Waals surface area contributed by atoms with Gasteiger partial charge in [-0.15, -0.1) is 0 Å². The normalized spacial score (nSPS) is 10.2. The van der Waals surface area contributed by atoms with Gasteiger partial charge in [-0.3, -0.25) is 0 Å². The van der Waals surface area contributed by atoms with Crippen molar-refractivity contribution in [3.05, 3.63) is 19.1 Å². The Morgan fingerprint density at radius 1 is 1.44 bits per heavy atom. The summed E-state index contributed by atoms with van der Waals surface area (Å²) in [6.45, 7) is 12.1. The van der Waals surface area contributed by atoms with Crippen LogP contribution in [0.2, 0.25) is 0 Å². The smallest absolute Gasteiger partial charge is 0.0321 e. The van der Waals surface area contributed by atoms with Gasteiger partial charge in [-0.2, -0.15) is 0 Å². The lowest BCUT2D eigenvalue weighted by atomic mass is 10.0. The van der Waals surface area contributed by atoms with E-state index in [1.165, 1.54) is 12.0 Å². The lowest BCUT2D eigenvalue weighted by Gasteiger charge is -2.04. The molecule has 0 spiro atoms. The Kier molecular flexibility index (Phi) is 4.47. The lowest BCUT2D eigenvalue weighted by Crippen LogP contribution is -1.87. The minimum absolute atomic E-state index is 0.799. The molecule has 53 valence electrons. The van der Waals surface area contributed by atoms with Crippen LogP contribution in [0.3, 0.4) is 0 Å². The quantitative estimate of drug-likeness (QED) is 0.506. The van der Waals surface area contributed by atoms with Crippen molar-refractivity contribution in [2.45, 2.75) is 33.1 Å². The van der Waals surface area contributed by atoms with Crippen molar-refractivity contribution in [2.75, 3.05) is 0 Å². The predicted octanol–water partition coefficient (Wildman–Crippen LogP) is 3.20. The van der Waals surface area contributed by atoms with Crippen LogP contribution in [0.4, 0.5) is 0 Å². The zero-order valence-electron chi connectivity index (χ0n) is 6.61. The molecule has 0 bridgehead atoms. The molecular formula is C9H17. The number of hydrogen-bond donors (Lipinski definition) is 0. The summed E-state index contributed by atoms with van der Waals surface area (Å²) >= 11 is 0. The Morgan fingerprint density at radius 2 is 2.00 bits per heavy atom. The molecule has 0 nitrogen and oxygen atoms in total. The van der Waals surface area contributed by atoms with Gasteiger partial charge in [0.1, 0.15) is 0 Å². The van der Waals surface area contributed by atoms with E-state index in [0.29, 0.717) is 0 Å². The molecule has 0 unspecified atom stereocenters. The summed E-state index contributed by atoms with van der Waals surface area (Å²) < 4.78 is 0. The van der Waals surface area contributed by atoms with E-state index in [0.717, 1.165) is 18.8 Å². The second-order valence-corrected chi connectivity index (χ2v) is 2.93. The van der Waals surface area contributed by atoms with Crippen molar-refractivity contribution in [3.8, 4) is 0 Å². The summed E-state index contributed by atoms with van der Waals surface area (Å²) in [6.07, 6.45) is 3.31. The van der Waals surface area contributed by atoms with Crippen LogP contribution >= 0.6 is 0 Å². The van der Waals surface area contributed by atoms with Crippen LogP contribution < -0.4 is 0 Å². The highest BCUT2D eigenvalue weighted by Gasteiger charge is 1.94. The number of allylic oxidation sites excluding steroid dienone is 1. The molecule has 0 rings (SSSR count). The molecule has 0 atom stereocenters. The molecule has 0 amide bonds. The van der Waals surface area contributed by atoms with Crippen molar-refractivity contribution in [1.29, 1.82) is 0 Å². The number of rotatable bonds is 4. The molecule has 0 aromatic rings. The van der Waals surface area contributed by atoms with Crippen LogP contribution in [0.25, 0.3) is 0 Å². The first-order valence-electron chi connectivity index (χ1n) is 3.62. The largest absolute Gasteiger partial charge is 0.0999 e. The average Bonchev–Trinajstić information content (AvgIpc) is 1.83. The molecule has 0 fully saturated rings. The molecular weight excluding hydrogens is 108 g/mol. The average molecular weight is 125 g/mol. The van der Waals surface area contributed by atoms with Crippen molar-refractivity contribution < 1.29 is 0 Å². The van der Waals surface area contributed by atoms with Crippen LogP contribution in [0.5, 0.6) is 0 Å². The molecule has 9 heavy (non-hydrogen) atoms. The molecule has 0 saturated carbocycles. The Morgan fingerprint density at radius 3 is 2.33 bits per heavy atom. The number of hydrogen-bond acceptors (Lipinski definition) is 0. The maximum atomic E-state index is 3.88. The zero-order chi connectivity index (χ0) is 7.28. The van der Waals surface area contributed by atoms with Crippen LogP contribution in [0, 0.1) is 12.8 Å². The minimum Gasteiger partial charge on any atom is -0.0999 e. The first kappa shape index (κ1) is 8.74. The summed E-state index contributed by atoms with van der Waals surface area (Å²) in [5.74, 6) is 0.799. The van der Waals surface area contributed by atoms with Gasteiger partial charge in [-0.25, -0.2) is 0 Å². The molecule has 0 aliphatic carbocycles. The topological polar surface area (TPSA) is 0 Å². The molecule has 0 saturated heterocycles. The van der Waals surface area contributed by atoms with E-state index in [4.69, 9.17) is 0 Å². The standard InChI is InChI=1S/C9H17/c1-5-9(4)7-6-8(2)3/h8H,1,4-7H2,2-3H3. The fourth-order valence-electron chi connectivity index (χ4n) is 0.618. The van der Waals surface area contributed by atoms with E-state index in [1.807, 2.05) is 0 Å². The lowest BCUT2D eigenvalue weighted by molar-refractivity contribution is 0.582. The van der Waals surface area contributed by atoms with E-state index in [-0.39, 0.29) is 0 Å². The third kappa shape index (κ3) is 5.61. The minimum atomic E-state index is 0.799.